The third-order valence-electron chi connectivity index (χ3n) is 4.07. The number of aromatic nitrogens is 3. The zero-order valence-corrected chi connectivity index (χ0v) is 11.9. The number of hydrogen-bond acceptors (Lipinski definition) is 4. The fourth-order valence-corrected chi connectivity index (χ4v) is 2.96. The van der Waals surface area contributed by atoms with Crippen molar-refractivity contribution in [1.82, 2.24) is 14.5 Å². The highest BCUT2D eigenvalue weighted by Crippen LogP contribution is 2.20. The molecule has 6 nitrogen and oxygen atoms in total. The molecule has 0 unspecified atom stereocenters. The van der Waals surface area contributed by atoms with Gasteiger partial charge in [-0.15, -0.1) is 0 Å². The molecular formula is C16H16N4O2. The van der Waals surface area contributed by atoms with Crippen molar-refractivity contribution in [2.75, 3.05) is 18.0 Å². The molecule has 1 fully saturated rings. The van der Waals surface area contributed by atoms with Crippen molar-refractivity contribution in [3.63, 3.8) is 0 Å². The molecule has 0 radical (unpaired) electrons. The van der Waals surface area contributed by atoms with Crippen LogP contribution in [0.25, 0.3) is 16.7 Å². The van der Waals surface area contributed by atoms with Crippen LogP contribution in [0.2, 0.25) is 0 Å². The Hall–Kier alpha value is -2.60. The molecule has 3 aromatic rings. The second-order valence-corrected chi connectivity index (χ2v) is 5.55. The van der Waals surface area contributed by atoms with Gasteiger partial charge in [-0.2, -0.15) is 0 Å². The molecule has 0 amide bonds. The molecule has 0 saturated carbocycles. The Morgan fingerprint density at radius 2 is 2.09 bits per heavy atom. The van der Waals surface area contributed by atoms with E-state index in [1.807, 2.05) is 41.3 Å². The summed E-state index contributed by atoms with van der Waals surface area (Å²) in [6, 6.07) is 11.3. The van der Waals surface area contributed by atoms with Crippen LogP contribution in [0.1, 0.15) is 6.42 Å². The van der Waals surface area contributed by atoms with Crippen LogP contribution in [0.4, 0.5) is 5.82 Å². The number of aliphatic hydroxyl groups is 1. The van der Waals surface area contributed by atoms with E-state index < -0.39 is 0 Å². The van der Waals surface area contributed by atoms with Gasteiger partial charge in [0, 0.05) is 13.1 Å². The van der Waals surface area contributed by atoms with Crippen molar-refractivity contribution in [2.24, 2.45) is 0 Å². The van der Waals surface area contributed by atoms with Gasteiger partial charge < -0.3 is 15.0 Å². The average Bonchev–Trinajstić information content (AvgIpc) is 3.10. The fraction of sp³-hybridized carbons (Fsp3) is 0.250. The summed E-state index contributed by atoms with van der Waals surface area (Å²) < 4.78 is 1.62. The third-order valence-corrected chi connectivity index (χ3v) is 4.07. The minimum absolute atomic E-state index is 0.174. The van der Waals surface area contributed by atoms with Gasteiger partial charge in [0.2, 0.25) is 0 Å². The first kappa shape index (κ1) is 13.1. The van der Waals surface area contributed by atoms with Crippen LogP contribution in [-0.2, 0) is 0 Å². The number of pyridine rings is 1. The molecule has 6 heteroatoms. The van der Waals surface area contributed by atoms with E-state index in [1.54, 1.807) is 10.8 Å². The van der Waals surface area contributed by atoms with E-state index in [0.29, 0.717) is 6.54 Å². The number of nitrogens with one attached hydrogen (secondary N) is 1. The summed E-state index contributed by atoms with van der Waals surface area (Å²) in [5, 5.41) is 9.60. The van der Waals surface area contributed by atoms with Crippen molar-refractivity contribution in [3.05, 3.63) is 53.1 Å². The van der Waals surface area contributed by atoms with Crippen molar-refractivity contribution in [3.8, 4) is 5.69 Å². The number of rotatable bonds is 2. The summed E-state index contributed by atoms with van der Waals surface area (Å²) >= 11 is 0. The van der Waals surface area contributed by atoms with Gasteiger partial charge in [0.05, 0.1) is 29.0 Å². The Morgan fingerprint density at radius 1 is 1.23 bits per heavy atom. The van der Waals surface area contributed by atoms with E-state index in [9.17, 15) is 9.90 Å². The minimum Gasteiger partial charge on any atom is -0.391 e. The lowest BCUT2D eigenvalue weighted by atomic mass is 10.3. The van der Waals surface area contributed by atoms with Crippen molar-refractivity contribution < 1.29 is 5.11 Å². The Kier molecular flexibility index (Phi) is 2.97. The highest BCUT2D eigenvalue weighted by Gasteiger charge is 2.21. The molecule has 3 heterocycles. The number of benzene rings is 1. The molecule has 4 rings (SSSR count). The monoisotopic (exact) mass is 296 g/mol. The Labute approximate surface area is 126 Å². The number of fused-ring (bicyclic) bond motifs is 1. The number of β-amino-alcohol motifs (C(OH)–C–C–N with tert-alkyl or cyclic N) is 1. The van der Waals surface area contributed by atoms with Crippen LogP contribution in [0.3, 0.4) is 0 Å². The lowest BCUT2D eigenvalue weighted by Crippen LogP contribution is -2.22. The normalized spacial score (nSPS) is 18.2. The van der Waals surface area contributed by atoms with Crippen LogP contribution in [0.15, 0.2) is 47.4 Å². The van der Waals surface area contributed by atoms with E-state index in [2.05, 4.69) is 9.97 Å². The van der Waals surface area contributed by atoms with Crippen LogP contribution in [0.5, 0.6) is 0 Å². The molecule has 112 valence electrons. The van der Waals surface area contributed by atoms with Crippen LogP contribution in [0, 0.1) is 0 Å². The van der Waals surface area contributed by atoms with Gasteiger partial charge in [0.25, 0.3) is 0 Å². The van der Waals surface area contributed by atoms with Crippen molar-refractivity contribution in [1.29, 1.82) is 0 Å². The quantitative estimate of drug-likeness (QED) is 0.747. The van der Waals surface area contributed by atoms with Gasteiger partial charge in [-0.3, -0.25) is 4.57 Å². The Bertz CT molecular complexity index is 866. The third kappa shape index (κ3) is 2.08. The van der Waals surface area contributed by atoms with E-state index in [-0.39, 0.29) is 11.8 Å². The maximum absolute atomic E-state index is 12.2. The summed E-state index contributed by atoms with van der Waals surface area (Å²) in [6.07, 6.45) is 2.19. The van der Waals surface area contributed by atoms with Crippen LogP contribution >= 0.6 is 0 Å². The number of para-hydroxylation sites is 2. The van der Waals surface area contributed by atoms with Gasteiger partial charge in [-0.05, 0) is 30.7 Å². The van der Waals surface area contributed by atoms with Crippen LogP contribution in [-0.4, -0.2) is 38.8 Å². The topological polar surface area (TPSA) is 74.2 Å². The van der Waals surface area contributed by atoms with Gasteiger partial charge in [-0.1, -0.05) is 12.1 Å². The maximum atomic E-state index is 12.2. The van der Waals surface area contributed by atoms with E-state index in [4.69, 9.17) is 0 Å². The molecule has 1 atom stereocenters. The second kappa shape index (κ2) is 4.99. The molecule has 0 aliphatic carbocycles. The molecule has 1 aliphatic heterocycles. The molecular weight excluding hydrogens is 280 g/mol. The lowest BCUT2D eigenvalue weighted by Gasteiger charge is -2.16. The molecule has 2 N–H and O–H groups in total. The number of hydrogen-bond donors (Lipinski definition) is 2. The predicted molar refractivity (Wildman–Crippen MR) is 84.5 cm³/mol. The molecule has 2 aromatic heterocycles. The van der Waals surface area contributed by atoms with E-state index >= 15 is 0 Å². The van der Waals surface area contributed by atoms with Gasteiger partial charge in [0.1, 0.15) is 5.82 Å². The van der Waals surface area contributed by atoms with Gasteiger partial charge in [0.15, 0.2) is 0 Å². The summed E-state index contributed by atoms with van der Waals surface area (Å²) in [5.41, 5.74) is 2.19. The largest absolute Gasteiger partial charge is 0.391 e. The predicted octanol–water partition coefficient (Wildman–Crippen LogP) is 1.28. The lowest BCUT2D eigenvalue weighted by molar-refractivity contribution is 0.198. The van der Waals surface area contributed by atoms with Crippen molar-refractivity contribution >= 4 is 16.9 Å². The van der Waals surface area contributed by atoms with Crippen molar-refractivity contribution in [2.45, 2.75) is 12.5 Å². The summed E-state index contributed by atoms with van der Waals surface area (Å²) in [4.78, 5) is 21.5. The minimum atomic E-state index is -0.280. The standard InChI is InChI=1S/C16H16N4O2/c21-12-7-8-19(10-12)15-6-5-11(9-17-15)20-14-4-2-1-3-13(14)18-16(20)22/h1-6,9,12,21H,7-8,10H2,(H,18,22)/t12-/m0/s1. The van der Waals surface area contributed by atoms with E-state index in [1.165, 1.54) is 0 Å². The molecule has 1 aliphatic rings. The number of imidazole rings is 1. The zero-order valence-electron chi connectivity index (χ0n) is 11.9. The Balaban J connectivity index is 1.73. The fourth-order valence-electron chi connectivity index (χ4n) is 2.96. The number of aromatic amines is 1. The Morgan fingerprint density at radius 3 is 2.82 bits per heavy atom. The highest BCUT2D eigenvalue weighted by atomic mass is 16.3. The summed E-state index contributed by atoms with van der Waals surface area (Å²) in [6.45, 7) is 1.42. The SMILES string of the molecule is O=c1[nH]c2ccccc2n1-c1ccc(N2CC[C@H](O)C2)nc1. The first-order valence-electron chi connectivity index (χ1n) is 7.31. The number of anilines is 1. The summed E-state index contributed by atoms with van der Waals surface area (Å²) in [7, 11) is 0. The number of nitrogens with zero attached hydrogens (tertiary/aromatic N) is 3. The highest BCUT2D eigenvalue weighted by molar-refractivity contribution is 5.77. The first-order valence-corrected chi connectivity index (χ1v) is 7.31. The first-order chi connectivity index (χ1) is 10.7. The van der Waals surface area contributed by atoms with E-state index in [0.717, 1.165) is 35.5 Å². The smallest absolute Gasteiger partial charge is 0.331 e. The molecule has 1 aromatic carbocycles. The number of aliphatic hydroxyl groups excluding tert-OH is 1. The maximum Gasteiger partial charge on any atom is 0.331 e. The molecule has 0 bridgehead atoms. The zero-order chi connectivity index (χ0) is 15.1. The molecule has 22 heavy (non-hydrogen) atoms. The molecule has 1 saturated heterocycles. The average molecular weight is 296 g/mol. The van der Waals surface area contributed by atoms with Gasteiger partial charge in [-0.25, -0.2) is 9.78 Å². The van der Waals surface area contributed by atoms with Gasteiger partial charge >= 0.3 is 5.69 Å². The molecule has 0 spiro atoms. The second-order valence-electron chi connectivity index (χ2n) is 5.55. The summed E-state index contributed by atoms with van der Waals surface area (Å²) in [5.74, 6) is 0.827. The van der Waals surface area contributed by atoms with Crippen LogP contribution < -0.4 is 10.6 Å². The number of H-pyrrole nitrogens is 1.